The average Bonchev–Trinajstić information content (AvgIpc) is 2.89. The van der Waals surface area contributed by atoms with Gasteiger partial charge in [0.25, 0.3) is 0 Å². The van der Waals surface area contributed by atoms with Crippen molar-refractivity contribution >= 4 is 0 Å². The summed E-state index contributed by atoms with van der Waals surface area (Å²) in [5.41, 5.74) is 6.42. The molecule has 0 aliphatic heterocycles. The van der Waals surface area contributed by atoms with Crippen LogP contribution in [0, 0.1) is 18.3 Å². The van der Waals surface area contributed by atoms with E-state index in [1.165, 1.54) is 34.2 Å². The molecule has 5 rings (SSSR count). The van der Waals surface area contributed by atoms with Gasteiger partial charge < -0.3 is 15.3 Å². The number of phenols is 3. The molecule has 0 radical (unpaired) electrons. The van der Waals surface area contributed by atoms with E-state index in [0.717, 1.165) is 12.8 Å². The molecule has 3 heteroatoms. The van der Waals surface area contributed by atoms with E-state index in [-0.39, 0.29) is 16.2 Å². The molecule has 40 heavy (non-hydrogen) atoms. The molecular weight excluding hydrogens is 492 g/mol. The van der Waals surface area contributed by atoms with E-state index in [4.69, 9.17) is 0 Å². The van der Waals surface area contributed by atoms with E-state index < -0.39 is 0 Å². The summed E-state index contributed by atoms with van der Waals surface area (Å²) in [4.78, 5) is 0. The van der Waals surface area contributed by atoms with E-state index in [0.29, 0.717) is 23.2 Å². The van der Waals surface area contributed by atoms with E-state index in [1.807, 2.05) is 12.1 Å². The minimum Gasteiger partial charge on any atom is -0.508 e. The molecule has 1 atom stereocenters. The summed E-state index contributed by atoms with van der Waals surface area (Å²) < 4.78 is 0. The number of hydrogen-bond acceptors (Lipinski definition) is 3. The maximum Gasteiger partial charge on any atom is 0.115 e. The molecule has 0 saturated heterocycles. The highest BCUT2D eigenvalue weighted by Crippen LogP contribution is 2.53. The smallest absolute Gasteiger partial charge is 0.115 e. The maximum absolute atomic E-state index is 9.67. The second-order valence-corrected chi connectivity index (χ2v) is 13.1. The Kier molecular flexibility index (Phi) is 8.35. The maximum atomic E-state index is 9.67. The van der Waals surface area contributed by atoms with Crippen molar-refractivity contribution in [3.8, 4) is 17.2 Å². The van der Waals surface area contributed by atoms with Crippen LogP contribution in [-0.4, -0.2) is 15.3 Å². The Balaban J connectivity index is 0.000000194. The normalized spacial score (nSPS) is 17.9. The SMILES string of the molecule is CC1CC(C)(C)CC(c2ccc(O)cc2)(c2ccc(O)cc2)C1.Cc1ccc(C(C)(C)c2ccc(O)cc2)cc1. The van der Waals surface area contributed by atoms with Crippen molar-refractivity contribution in [1.82, 2.24) is 0 Å². The van der Waals surface area contributed by atoms with Gasteiger partial charge in [-0.3, -0.25) is 0 Å². The molecule has 1 fully saturated rings. The van der Waals surface area contributed by atoms with Crippen LogP contribution in [-0.2, 0) is 10.8 Å². The van der Waals surface area contributed by atoms with Crippen LogP contribution in [0.4, 0.5) is 0 Å². The van der Waals surface area contributed by atoms with Crippen molar-refractivity contribution < 1.29 is 15.3 Å². The number of aryl methyl sites for hydroxylation is 1. The standard InChI is InChI=1S/C21H26O2.C16H18O/c1-15-12-20(2,3)14-21(13-15,16-4-8-18(22)9-5-16)17-6-10-19(23)11-7-17;1-12-4-6-13(7-5-12)16(2,3)14-8-10-15(17)11-9-14/h4-11,15,22-23H,12-14H2,1-3H3;4-11,17H,1-3H3. The molecule has 1 aliphatic carbocycles. The second kappa shape index (κ2) is 11.4. The van der Waals surface area contributed by atoms with Crippen LogP contribution in [0.3, 0.4) is 0 Å². The van der Waals surface area contributed by atoms with E-state index in [9.17, 15) is 15.3 Å². The third-order valence-electron chi connectivity index (χ3n) is 8.58. The van der Waals surface area contributed by atoms with Crippen LogP contribution in [0.15, 0.2) is 97.1 Å². The highest BCUT2D eigenvalue weighted by atomic mass is 16.3. The van der Waals surface area contributed by atoms with Gasteiger partial charge in [-0.1, -0.05) is 101 Å². The Morgan fingerprint density at radius 2 is 0.975 bits per heavy atom. The summed E-state index contributed by atoms with van der Waals surface area (Å²) in [6, 6.07) is 31.4. The van der Waals surface area contributed by atoms with Gasteiger partial charge in [0, 0.05) is 10.8 Å². The predicted molar refractivity (Wildman–Crippen MR) is 165 cm³/mol. The van der Waals surface area contributed by atoms with Crippen molar-refractivity contribution in [3.63, 3.8) is 0 Å². The van der Waals surface area contributed by atoms with Crippen molar-refractivity contribution in [3.05, 3.63) is 125 Å². The fraction of sp³-hybridized carbons (Fsp3) is 0.351. The minimum absolute atomic E-state index is 0.0403. The summed E-state index contributed by atoms with van der Waals surface area (Å²) in [7, 11) is 0. The van der Waals surface area contributed by atoms with Gasteiger partial charge in [-0.25, -0.2) is 0 Å². The molecule has 0 spiro atoms. The fourth-order valence-corrected chi connectivity index (χ4v) is 6.75. The van der Waals surface area contributed by atoms with E-state index >= 15 is 0 Å². The first kappa shape index (κ1) is 29.3. The molecule has 1 saturated carbocycles. The number of rotatable bonds is 4. The molecule has 0 aromatic heterocycles. The van der Waals surface area contributed by atoms with Crippen molar-refractivity contribution in [2.24, 2.45) is 11.3 Å². The molecule has 0 bridgehead atoms. The molecule has 0 amide bonds. The molecule has 4 aromatic carbocycles. The van der Waals surface area contributed by atoms with Crippen LogP contribution in [0.2, 0.25) is 0 Å². The predicted octanol–water partition coefficient (Wildman–Crippen LogP) is 9.26. The summed E-state index contributed by atoms with van der Waals surface area (Å²) in [5.74, 6) is 1.55. The number of benzene rings is 4. The van der Waals surface area contributed by atoms with Crippen molar-refractivity contribution in [1.29, 1.82) is 0 Å². The zero-order valence-electron chi connectivity index (χ0n) is 24.8. The molecule has 1 unspecified atom stereocenters. The lowest BCUT2D eigenvalue weighted by atomic mass is 9.55. The first-order valence-electron chi connectivity index (χ1n) is 14.3. The van der Waals surface area contributed by atoms with Crippen LogP contribution in [0.25, 0.3) is 0 Å². The molecular formula is C37H44O3. The van der Waals surface area contributed by atoms with Crippen LogP contribution < -0.4 is 0 Å². The topological polar surface area (TPSA) is 60.7 Å². The van der Waals surface area contributed by atoms with Crippen LogP contribution in [0.5, 0.6) is 17.2 Å². The quantitative estimate of drug-likeness (QED) is 0.244. The number of phenolic OH excluding ortho intramolecular Hbond substituents is 3. The fourth-order valence-electron chi connectivity index (χ4n) is 6.75. The van der Waals surface area contributed by atoms with Gasteiger partial charge in [-0.15, -0.1) is 0 Å². The van der Waals surface area contributed by atoms with E-state index in [2.05, 4.69) is 90.1 Å². The first-order chi connectivity index (χ1) is 18.8. The zero-order valence-corrected chi connectivity index (χ0v) is 24.8. The minimum atomic E-state index is -0.0669. The molecule has 3 N–H and O–H groups in total. The summed E-state index contributed by atoms with van der Waals surface area (Å²) in [5, 5.41) is 28.7. The molecule has 4 aromatic rings. The Labute approximate surface area is 240 Å². The van der Waals surface area contributed by atoms with Crippen molar-refractivity contribution in [2.45, 2.75) is 71.6 Å². The van der Waals surface area contributed by atoms with Gasteiger partial charge in [0.1, 0.15) is 17.2 Å². The molecule has 210 valence electrons. The van der Waals surface area contributed by atoms with Crippen LogP contribution >= 0.6 is 0 Å². The Morgan fingerprint density at radius 3 is 1.38 bits per heavy atom. The Hall–Kier alpha value is -3.72. The monoisotopic (exact) mass is 536 g/mol. The van der Waals surface area contributed by atoms with Gasteiger partial charge in [0.15, 0.2) is 0 Å². The summed E-state index contributed by atoms with van der Waals surface area (Å²) >= 11 is 0. The van der Waals surface area contributed by atoms with E-state index in [1.54, 1.807) is 36.4 Å². The lowest BCUT2D eigenvalue weighted by molar-refractivity contribution is 0.127. The lowest BCUT2D eigenvalue weighted by Crippen LogP contribution is -2.41. The highest BCUT2D eigenvalue weighted by molar-refractivity contribution is 5.44. The Morgan fingerprint density at radius 1 is 0.600 bits per heavy atom. The highest BCUT2D eigenvalue weighted by Gasteiger charge is 2.45. The first-order valence-corrected chi connectivity index (χ1v) is 14.3. The van der Waals surface area contributed by atoms with Gasteiger partial charge in [-0.2, -0.15) is 0 Å². The summed E-state index contributed by atoms with van der Waals surface area (Å²) in [6.45, 7) is 13.5. The van der Waals surface area contributed by atoms with Gasteiger partial charge in [-0.05, 0) is 96.2 Å². The number of aromatic hydroxyl groups is 3. The third-order valence-corrected chi connectivity index (χ3v) is 8.58. The summed E-state index contributed by atoms with van der Waals surface area (Å²) in [6.07, 6.45) is 3.39. The lowest BCUT2D eigenvalue weighted by Gasteiger charge is -2.48. The second-order valence-electron chi connectivity index (χ2n) is 13.1. The van der Waals surface area contributed by atoms with Crippen LogP contribution in [0.1, 0.15) is 81.7 Å². The largest absolute Gasteiger partial charge is 0.508 e. The molecule has 3 nitrogen and oxygen atoms in total. The molecule has 0 heterocycles. The van der Waals surface area contributed by atoms with Crippen molar-refractivity contribution in [2.75, 3.05) is 0 Å². The van der Waals surface area contributed by atoms with Gasteiger partial charge >= 0.3 is 0 Å². The zero-order chi connectivity index (χ0) is 29.1. The third kappa shape index (κ3) is 6.53. The number of hydrogen-bond donors (Lipinski definition) is 3. The Bertz CT molecular complexity index is 1290. The molecule has 1 aliphatic rings. The average molecular weight is 537 g/mol. The van der Waals surface area contributed by atoms with Gasteiger partial charge in [0.05, 0.1) is 0 Å². The van der Waals surface area contributed by atoms with Gasteiger partial charge in [0.2, 0.25) is 0 Å².